The van der Waals surface area contributed by atoms with Crippen molar-refractivity contribution in [3.8, 4) is 16.8 Å². The highest BCUT2D eigenvalue weighted by Crippen LogP contribution is 2.30. The Morgan fingerprint density at radius 1 is 0.963 bits per heavy atom. The van der Waals surface area contributed by atoms with Crippen molar-refractivity contribution in [2.75, 3.05) is 10.5 Å². The minimum absolute atomic E-state index is 0.0793. The van der Waals surface area contributed by atoms with Crippen LogP contribution in [0.1, 0.15) is 26.8 Å². The molecule has 0 saturated heterocycles. The van der Waals surface area contributed by atoms with Crippen LogP contribution >= 0.6 is 0 Å². The number of hydrogen-bond donors (Lipinski definition) is 1. The summed E-state index contributed by atoms with van der Waals surface area (Å²) < 4.78 is 30.6. The number of sulfonamides is 1. The number of anilines is 1. The molecule has 0 atom stereocenters. The summed E-state index contributed by atoms with van der Waals surface area (Å²) >= 11 is 0. The van der Waals surface area contributed by atoms with Crippen LogP contribution in [-0.4, -0.2) is 23.5 Å². The molecule has 0 spiro atoms. The van der Waals surface area contributed by atoms with E-state index in [0.717, 1.165) is 0 Å². The van der Waals surface area contributed by atoms with Crippen LogP contribution in [0.3, 0.4) is 0 Å². The third-order valence-corrected chi connectivity index (χ3v) is 5.54. The van der Waals surface area contributed by atoms with E-state index in [4.69, 9.17) is 0 Å². The van der Waals surface area contributed by atoms with Crippen LogP contribution in [0.2, 0.25) is 0 Å². The second kappa shape index (κ2) is 7.44. The molecule has 1 heterocycles. The highest BCUT2D eigenvalue weighted by molar-refractivity contribution is 7.92. The number of para-hydroxylation sites is 1. The predicted molar refractivity (Wildman–Crippen MR) is 109 cm³/mol. The second-order valence-corrected chi connectivity index (χ2v) is 8.50. The van der Waals surface area contributed by atoms with Crippen LogP contribution in [0, 0.1) is 0 Å². The average Bonchev–Trinajstić information content (AvgIpc) is 2.94. The number of nitrogens with one attached hydrogen (secondary N) is 1. The van der Waals surface area contributed by atoms with Gasteiger partial charge in [0.05, 0.1) is 17.0 Å². The lowest BCUT2D eigenvalue weighted by atomic mass is 10.1. The molecule has 27 heavy (non-hydrogen) atoms. The van der Waals surface area contributed by atoms with Gasteiger partial charge >= 0.3 is 0 Å². The van der Waals surface area contributed by atoms with Gasteiger partial charge in [0.2, 0.25) is 10.0 Å². The largest absolute Gasteiger partial charge is 0.281 e. The van der Waals surface area contributed by atoms with Crippen LogP contribution in [0.5, 0.6) is 0 Å². The van der Waals surface area contributed by atoms with Crippen molar-refractivity contribution in [2.24, 2.45) is 0 Å². The molecule has 0 aliphatic heterocycles. The zero-order chi connectivity index (χ0) is 19.6. The van der Waals surface area contributed by atoms with Crippen molar-refractivity contribution < 1.29 is 8.42 Å². The van der Waals surface area contributed by atoms with Crippen molar-refractivity contribution in [1.29, 1.82) is 0 Å². The Morgan fingerprint density at radius 2 is 1.52 bits per heavy atom. The normalized spacial score (nSPS) is 11.7. The quantitative estimate of drug-likeness (QED) is 0.704. The van der Waals surface area contributed by atoms with E-state index in [2.05, 4.69) is 4.72 Å². The van der Waals surface area contributed by atoms with Crippen molar-refractivity contribution in [3.63, 3.8) is 0 Å². The molecule has 3 rings (SSSR count). The first kappa shape index (κ1) is 19.0. The minimum Gasteiger partial charge on any atom is -0.267 e. The van der Waals surface area contributed by atoms with Gasteiger partial charge in [0.1, 0.15) is 5.82 Å². The van der Waals surface area contributed by atoms with E-state index in [1.165, 1.54) is 4.68 Å². The maximum Gasteiger partial charge on any atom is 0.281 e. The molecule has 0 aliphatic rings. The van der Waals surface area contributed by atoms with Gasteiger partial charge in [-0.2, -0.15) is 0 Å². The lowest BCUT2D eigenvalue weighted by Crippen LogP contribution is -2.24. The highest BCUT2D eigenvalue weighted by Gasteiger charge is 2.26. The molecule has 142 valence electrons. The van der Waals surface area contributed by atoms with E-state index < -0.39 is 10.0 Å². The van der Waals surface area contributed by atoms with E-state index in [1.807, 2.05) is 62.4 Å². The van der Waals surface area contributed by atoms with Crippen LogP contribution in [-0.2, 0) is 10.0 Å². The van der Waals surface area contributed by atoms with E-state index in [-0.39, 0.29) is 23.2 Å². The van der Waals surface area contributed by atoms with E-state index in [0.29, 0.717) is 16.8 Å². The molecule has 1 N–H and O–H groups in total. The maximum absolute atomic E-state index is 13.4. The first-order valence-electron chi connectivity index (χ1n) is 8.84. The average molecular weight is 385 g/mol. The van der Waals surface area contributed by atoms with Crippen LogP contribution < -0.4 is 10.3 Å². The summed E-state index contributed by atoms with van der Waals surface area (Å²) in [5.74, 6) is 0.205. The molecular weight excluding hydrogens is 362 g/mol. The summed E-state index contributed by atoms with van der Waals surface area (Å²) in [4.78, 5) is 13.4. The fraction of sp³-hybridized carbons (Fsp3) is 0.250. The molecule has 7 heteroatoms. The van der Waals surface area contributed by atoms with Crippen molar-refractivity contribution in [1.82, 2.24) is 9.36 Å². The first-order valence-corrected chi connectivity index (χ1v) is 10.5. The van der Waals surface area contributed by atoms with Gasteiger partial charge in [0.15, 0.2) is 0 Å². The topological polar surface area (TPSA) is 73.1 Å². The van der Waals surface area contributed by atoms with Crippen molar-refractivity contribution >= 4 is 15.8 Å². The zero-order valence-electron chi connectivity index (χ0n) is 15.6. The van der Waals surface area contributed by atoms with Gasteiger partial charge in [0, 0.05) is 6.04 Å². The number of hydrogen-bond acceptors (Lipinski definition) is 3. The third kappa shape index (κ3) is 3.68. The molecule has 0 radical (unpaired) electrons. The SMILES string of the molecule is CCS(=O)(=O)Nc1c(-c2ccccc2)c(=O)n(-c2ccccc2)n1C(C)C. The van der Waals surface area contributed by atoms with Crippen LogP contribution in [0.25, 0.3) is 16.8 Å². The Hall–Kier alpha value is -2.80. The van der Waals surface area contributed by atoms with Gasteiger partial charge in [-0.25, -0.2) is 13.1 Å². The molecule has 0 unspecified atom stereocenters. The first-order chi connectivity index (χ1) is 12.9. The standard InChI is InChI=1S/C20H23N3O3S/c1-4-27(25,26)21-19-18(16-11-7-5-8-12-16)20(24)23(22(19)15(2)3)17-13-9-6-10-14-17/h5-15,21H,4H2,1-3H3. The number of aromatic nitrogens is 2. The smallest absolute Gasteiger partial charge is 0.267 e. The summed E-state index contributed by atoms with van der Waals surface area (Å²) in [5, 5.41) is 0. The van der Waals surface area contributed by atoms with Gasteiger partial charge in [0.25, 0.3) is 5.56 Å². The monoisotopic (exact) mass is 385 g/mol. The maximum atomic E-state index is 13.4. The number of benzene rings is 2. The lowest BCUT2D eigenvalue weighted by molar-refractivity contribution is 0.484. The molecule has 0 saturated carbocycles. The van der Waals surface area contributed by atoms with Crippen molar-refractivity contribution in [2.45, 2.75) is 26.8 Å². The number of nitrogens with zero attached hydrogens (tertiary/aromatic N) is 2. The Kier molecular flexibility index (Phi) is 5.23. The Morgan fingerprint density at radius 3 is 2.04 bits per heavy atom. The summed E-state index contributed by atoms with van der Waals surface area (Å²) in [5.41, 5.74) is 1.41. The van der Waals surface area contributed by atoms with Gasteiger partial charge in [-0.15, -0.1) is 0 Å². The molecule has 1 aromatic heterocycles. The molecule has 0 bridgehead atoms. The lowest BCUT2D eigenvalue weighted by Gasteiger charge is -2.19. The fourth-order valence-corrected chi connectivity index (χ4v) is 3.64. The van der Waals surface area contributed by atoms with E-state index in [1.54, 1.807) is 23.7 Å². The molecule has 2 aromatic carbocycles. The van der Waals surface area contributed by atoms with Crippen LogP contribution in [0.15, 0.2) is 65.5 Å². The van der Waals surface area contributed by atoms with Gasteiger partial charge in [-0.1, -0.05) is 48.5 Å². The highest BCUT2D eigenvalue weighted by atomic mass is 32.2. The van der Waals surface area contributed by atoms with E-state index >= 15 is 0 Å². The summed E-state index contributed by atoms with van der Waals surface area (Å²) in [6.07, 6.45) is 0. The molecule has 0 amide bonds. The van der Waals surface area contributed by atoms with E-state index in [9.17, 15) is 13.2 Å². The fourth-order valence-electron chi connectivity index (χ4n) is 3.00. The molecule has 6 nitrogen and oxygen atoms in total. The summed E-state index contributed by atoms with van der Waals surface area (Å²) in [6, 6.07) is 18.2. The van der Waals surface area contributed by atoms with Gasteiger partial charge in [-0.3, -0.25) is 14.2 Å². The van der Waals surface area contributed by atoms with Crippen LogP contribution in [0.4, 0.5) is 5.82 Å². The molecular formula is C20H23N3O3S. The predicted octanol–water partition coefficient (Wildman–Crippen LogP) is 3.65. The Bertz CT molecular complexity index is 1080. The summed E-state index contributed by atoms with van der Waals surface area (Å²) in [6.45, 7) is 5.39. The van der Waals surface area contributed by atoms with Gasteiger partial charge < -0.3 is 0 Å². The Balaban J connectivity index is 2.40. The second-order valence-electron chi connectivity index (χ2n) is 6.49. The van der Waals surface area contributed by atoms with Gasteiger partial charge in [-0.05, 0) is 38.5 Å². The summed E-state index contributed by atoms with van der Waals surface area (Å²) in [7, 11) is -3.57. The molecule has 0 aliphatic carbocycles. The third-order valence-electron chi connectivity index (χ3n) is 4.27. The number of rotatable bonds is 6. The Labute approximate surface area is 159 Å². The zero-order valence-corrected chi connectivity index (χ0v) is 16.4. The minimum atomic E-state index is -3.57. The molecule has 0 fully saturated rings. The molecule has 3 aromatic rings. The van der Waals surface area contributed by atoms with Crippen molar-refractivity contribution in [3.05, 3.63) is 71.0 Å².